The molecule has 0 spiro atoms. The molecule has 0 atom stereocenters. The zero-order valence-corrected chi connectivity index (χ0v) is 7.99. The third-order valence-corrected chi connectivity index (χ3v) is 3.26. The highest BCUT2D eigenvalue weighted by Gasteiger charge is 2.25. The summed E-state index contributed by atoms with van der Waals surface area (Å²) < 4.78 is 33.6. The minimum atomic E-state index is -3.72. The van der Waals surface area contributed by atoms with Gasteiger partial charge in [-0.05, 0) is 0 Å². The van der Waals surface area contributed by atoms with Gasteiger partial charge < -0.3 is 0 Å². The molecular formula is CH2Br2FO4P. The lowest BCUT2D eigenvalue weighted by Gasteiger charge is -2.05. The van der Waals surface area contributed by atoms with Gasteiger partial charge in [-0.1, -0.05) is 0 Å². The van der Waals surface area contributed by atoms with Crippen molar-refractivity contribution in [2.45, 2.75) is 0 Å². The first-order valence-electron chi connectivity index (χ1n) is 1.59. The number of alkyl halides is 1. The Bertz CT molecular complexity index is 111. The first kappa shape index (κ1) is 10.0. The Kier molecular flexibility index (Phi) is 5.29. The predicted octanol–water partition coefficient (Wildman–Crippen LogP) is 2.69. The van der Waals surface area contributed by atoms with E-state index in [1.54, 1.807) is 0 Å². The van der Waals surface area contributed by atoms with Crippen LogP contribution in [0.5, 0.6) is 0 Å². The highest BCUT2D eigenvalue weighted by atomic mass is 79.9. The van der Waals surface area contributed by atoms with Crippen LogP contribution in [0.25, 0.3) is 0 Å². The molecule has 4 nitrogen and oxygen atoms in total. The second kappa shape index (κ2) is 4.76. The summed E-state index contributed by atoms with van der Waals surface area (Å²) in [6, 6.07) is 0. The summed E-state index contributed by atoms with van der Waals surface area (Å²) in [5.74, 6) is 0. The third-order valence-electron chi connectivity index (χ3n) is 0.376. The zero-order valence-electron chi connectivity index (χ0n) is 3.92. The number of phosphoric acid groups is 1. The highest BCUT2D eigenvalue weighted by Crippen LogP contribution is 2.52. The first-order chi connectivity index (χ1) is 4.18. The number of hydrogen-bond donors (Lipinski definition) is 0. The Morgan fingerprint density at radius 2 is 1.89 bits per heavy atom. The molecule has 0 amide bonds. The van der Waals surface area contributed by atoms with Crippen molar-refractivity contribution in [1.29, 1.82) is 0 Å². The average Bonchev–Trinajstić information content (AvgIpc) is 1.89. The van der Waals surface area contributed by atoms with Gasteiger partial charge in [-0.15, -0.1) is 0 Å². The highest BCUT2D eigenvalue weighted by molar-refractivity contribution is 9.07. The fraction of sp³-hybridized carbons (Fsp3) is 1.00. The van der Waals surface area contributed by atoms with E-state index in [9.17, 15) is 8.96 Å². The Labute approximate surface area is 68.2 Å². The van der Waals surface area contributed by atoms with Crippen LogP contribution in [0.2, 0.25) is 0 Å². The smallest absolute Gasteiger partial charge is 0.253 e. The average molecular weight is 288 g/mol. The molecule has 0 heterocycles. The van der Waals surface area contributed by atoms with E-state index in [4.69, 9.17) is 0 Å². The van der Waals surface area contributed by atoms with Crippen molar-refractivity contribution >= 4 is 40.3 Å². The van der Waals surface area contributed by atoms with Crippen molar-refractivity contribution in [3.8, 4) is 0 Å². The second-order valence-electron chi connectivity index (χ2n) is 0.823. The molecule has 0 fully saturated rings. The van der Waals surface area contributed by atoms with E-state index in [-0.39, 0.29) is 0 Å². The lowest BCUT2D eigenvalue weighted by atomic mass is 11.6. The van der Waals surface area contributed by atoms with Gasteiger partial charge in [0, 0.05) is 0 Å². The monoisotopic (exact) mass is 286 g/mol. The van der Waals surface area contributed by atoms with Gasteiger partial charge in [-0.25, -0.2) is 16.2 Å². The quantitative estimate of drug-likeness (QED) is 0.746. The van der Waals surface area contributed by atoms with Gasteiger partial charge in [0.05, 0.1) is 0 Å². The van der Waals surface area contributed by atoms with E-state index in [1.165, 1.54) is 0 Å². The van der Waals surface area contributed by atoms with E-state index in [0.29, 0.717) is 0 Å². The molecule has 0 aromatic carbocycles. The van der Waals surface area contributed by atoms with Crippen molar-refractivity contribution in [1.82, 2.24) is 0 Å². The summed E-state index contributed by atoms with van der Waals surface area (Å²) in [6.45, 7) is -1.24. The van der Waals surface area contributed by atoms with Crippen molar-refractivity contribution in [2.24, 2.45) is 0 Å². The minimum Gasteiger partial charge on any atom is -0.253 e. The molecule has 9 heavy (non-hydrogen) atoms. The molecule has 0 saturated carbocycles. The zero-order chi connectivity index (χ0) is 7.33. The van der Waals surface area contributed by atoms with E-state index in [0.717, 1.165) is 0 Å². The molecule has 0 unspecified atom stereocenters. The number of rotatable bonds is 4. The maximum absolute atomic E-state index is 11.3. The third kappa shape index (κ3) is 3.64. The molecule has 0 aliphatic rings. The Balaban J connectivity index is 3.78. The molecule has 0 saturated heterocycles. The van der Waals surface area contributed by atoms with Crippen molar-refractivity contribution < 1.29 is 20.7 Å². The van der Waals surface area contributed by atoms with E-state index >= 15 is 0 Å². The summed E-state index contributed by atoms with van der Waals surface area (Å²) in [7, 11) is -3.72. The van der Waals surface area contributed by atoms with Crippen LogP contribution in [0.4, 0.5) is 4.39 Å². The molecule has 0 aliphatic heterocycles. The van der Waals surface area contributed by atoms with Crippen molar-refractivity contribution in [2.75, 3.05) is 6.86 Å². The number of halogens is 3. The number of hydrogen-bond acceptors (Lipinski definition) is 4. The minimum absolute atomic E-state index is 1.24. The van der Waals surface area contributed by atoms with Gasteiger partial charge in [0.25, 0.3) is 0 Å². The molecule has 56 valence electrons. The van der Waals surface area contributed by atoms with Crippen LogP contribution in [0.3, 0.4) is 0 Å². The summed E-state index contributed by atoms with van der Waals surface area (Å²) in [5.41, 5.74) is 0. The summed E-state index contributed by atoms with van der Waals surface area (Å²) in [6.07, 6.45) is 0. The first-order valence-corrected chi connectivity index (χ1v) is 4.35. The molecule has 0 bridgehead atoms. The molecule has 0 aromatic rings. The second-order valence-corrected chi connectivity index (χ2v) is 3.99. The van der Waals surface area contributed by atoms with Crippen LogP contribution in [0.1, 0.15) is 0 Å². The van der Waals surface area contributed by atoms with Crippen molar-refractivity contribution in [3.63, 3.8) is 0 Å². The Morgan fingerprint density at radius 3 is 2.00 bits per heavy atom. The largest absolute Gasteiger partial charge is 0.499 e. The summed E-state index contributed by atoms with van der Waals surface area (Å²) in [4.78, 5) is 0. The molecule has 0 rings (SSSR count). The standard InChI is InChI=1S/CH2Br2FO4P/c2-7-9(5,8-3)6-1-4/h1H2. The lowest BCUT2D eigenvalue weighted by Crippen LogP contribution is -1.86. The van der Waals surface area contributed by atoms with Crippen LogP contribution < -0.4 is 0 Å². The van der Waals surface area contributed by atoms with Crippen LogP contribution in [-0.2, 0) is 16.3 Å². The van der Waals surface area contributed by atoms with Gasteiger partial charge in [0.15, 0.2) is 6.86 Å². The predicted molar refractivity (Wildman–Crippen MR) is 34.7 cm³/mol. The molecule has 0 aliphatic carbocycles. The SMILES string of the molecule is O=P(OBr)(OBr)OCF. The molecular weight excluding hydrogens is 286 g/mol. The van der Waals surface area contributed by atoms with E-state index < -0.39 is 14.7 Å². The maximum Gasteiger partial charge on any atom is 0.499 e. The Morgan fingerprint density at radius 1 is 1.44 bits per heavy atom. The van der Waals surface area contributed by atoms with Crippen molar-refractivity contribution in [3.05, 3.63) is 0 Å². The van der Waals surface area contributed by atoms with E-state index in [2.05, 4.69) is 44.3 Å². The topological polar surface area (TPSA) is 44.8 Å². The van der Waals surface area contributed by atoms with Gasteiger partial charge >= 0.3 is 7.82 Å². The normalized spacial score (nSPS) is 11.9. The van der Waals surface area contributed by atoms with Gasteiger partial charge in [0.2, 0.25) is 0 Å². The van der Waals surface area contributed by atoms with Gasteiger partial charge in [0.1, 0.15) is 32.5 Å². The lowest BCUT2D eigenvalue weighted by molar-refractivity contribution is 0.152. The maximum atomic E-state index is 11.3. The van der Waals surface area contributed by atoms with Crippen LogP contribution in [0, 0.1) is 0 Å². The summed E-state index contributed by atoms with van der Waals surface area (Å²) in [5, 5.41) is 0. The molecule has 0 radical (unpaired) electrons. The molecule has 0 aromatic heterocycles. The van der Waals surface area contributed by atoms with Crippen LogP contribution in [-0.4, -0.2) is 6.86 Å². The van der Waals surface area contributed by atoms with Crippen LogP contribution >= 0.6 is 40.3 Å². The van der Waals surface area contributed by atoms with Crippen LogP contribution in [0.15, 0.2) is 0 Å². The fourth-order valence-electron chi connectivity index (χ4n) is 0.110. The summed E-state index contributed by atoms with van der Waals surface area (Å²) >= 11 is 4.65. The van der Waals surface area contributed by atoms with Gasteiger partial charge in [-0.3, -0.25) is 4.52 Å². The van der Waals surface area contributed by atoms with E-state index in [1.807, 2.05) is 0 Å². The molecule has 8 heteroatoms. The fourth-order valence-corrected chi connectivity index (χ4v) is 1.66. The van der Waals surface area contributed by atoms with Gasteiger partial charge in [-0.2, -0.15) is 0 Å². The Hall–Kier alpha value is 1.000. The molecule has 0 N–H and O–H groups in total.